The van der Waals surface area contributed by atoms with Crippen LogP contribution in [0.25, 0.3) is 0 Å². The van der Waals surface area contributed by atoms with E-state index in [2.05, 4.69) is 4.72 Å². The Hall–Kier alpha value is -2.72. The van der Waals surface area contributed by atoms with Crippen molar-refractivity contribution in [1.82, 2.24) is 9.62 Å². The number of rotatable bonds is 5. The van der Waals surface area contributed by atoms with Gasteiger partial charge in [0.15, 0.2) is 5.76 Å². The molecular weight excluding hydrogens is 379 g/mol. The molecule has 1 aromatic carbocycles. The van der Waals surface area contributed by atoms with Crippen LogP contribution in [0.2, 0.25) is 0 Å². The van der Waals surface area contributed by atoms with Gasteiger partial charge in [0, 0.05) is 19.1 Å². The third kappa shape index (κ3) is 4.34. The van der Waals surface area contributed by atoms with Crippen LogP contribution in [0.3, 0.4) is 0 Å². The number of likely N-dealkylation sites (tertiary alicyclic amines) is 1. The van der Waals surface area contributed by atoms with Gasteiger partial charge in [-0.2, -0.15) is 0 Å². The smallest absolute Gasteiger partial charge is 0.371 e. The molecule has 1 amide bonds. The van der Waals surface area contributed by atoms with Crippen molar-refractivity contribution in [3.8, 4) is 0 Å². The van der Waals surface area contributed by atoms with Crippen molar-refractivity contribution in [3.05, 3.63) is 53.7 Å². The van der Waals surface area contributed by atoms with Gasteiger partial charge in [0.25, 0.3) is 5.91 Å². The molecule has 2 heterocycles. The van der Waals surface area contributed by atoms with E-state index >= 15 is 0 Å². The summed E-state index contributed by atoms with van der Waals surface area (Å²) in [5, 5.41) is 8.84. The highest BCUT2D eigenvalue weighted by Gasteiger charge is 2.28. The minimum absolute atomic E-state index is 0.0285. The number of hydrogen-bond acceptors (Lipinski definition) is 5. The Morgan fingerprint density at radius 1 is 1.07 bits per heavy atom. The molecule has 8 nitrogen and oxygen atoms in total. The van der Waals surface area contributed by atoms with E-state index in [1.807, 2.05) is 0 Å². The molecule has 144 valence electrons. The second-order valence-corrected chi connectivity index (χ2v) is 7.82. The van der Waals surface area contributed by atoms with Crippen LogP contribution in [0.5, 0.6) is 0 Å². The SMILES string of the molecule is O=C(O)c1ccc(C(=O)N2CCC(NS(=O)(=O)c3ccc(F)cc3)CC2)o1. The van der Waals surface area contributed by atoms with Crippen molar-refractivity contribution >= 4 is 21.9 Å². The van der Waals surface area contributed by atoms with Crippen molar-refractivity contribution in [2.75, 3.05) is 13.1 Å². The maximum absolute atomic E-state index is 12.9. The lowest BCUT2D eigenvalue weighted by atomic mass is 10.1. The molecule has 0 aliphatic carbocycles. The molecule has 0 saturated carbocycles. The molecule has 10 heteroatoms. The van der Waals surface area contributed by atoms with Gasteiger partial charge in [0.2, 0.25) is 15.8 Å². The van der Waals surface area contributed by atoms with Crippen molar-refractivity contribution in [2.45, 2.75) is 23.8 Å². The van der Waals surface area contributed by atoms with Gasteiger partial charge in [-0.15, -0.1) is 0 Å². The number of carboxylic acids is 1. The van der Waals surface area contributed by atoms with Crippen LogP contribution >= 0.6 is 0 Å². The number of hydrogen-bond donors (Lipinski definition) is 2. The number of aromatic carboxylic acids is 1. The fourth-order valence-electron chi connectivity index (χ4n) is 2.83. The molecule has 0 unspecified atom stereocenters. The number of amides is 1. The summed E-state index contributed by atoms with van der Waals surface area (Å²) in [5.41, 5.74) is 0. The molecule has 3 rings (SSSR count). The van der Waals surface area contributed by atoms with Crippen molar-refractivity contribution < 1.29 is 31.9 Å². The maximum atomic E-state index is 12.9. The molecular formula is C17H17FN2O6S. The molecule has 0 bridgehead atoms. The van der Waals surface area contributed by atoms with Gasteiger partial charge in [-0.3, -0.25) is 4.79 Å². The summed E-state index contributed by atoms with van der Waals surface area (Å²) in [7, 11) is -3.78. The number of nitrogens with zero attached hydrogens (tertiary/aromatic N) is 1. The first-order chi connectivity index (χ1) is 12.8. The minimum Gasteiger partial charge on any atom is -0.475 e. The molecule has 1 fully saturated rings. The summed E-state index contributed by atoms with van der Waals surface area (Å²) in [6.45, 7) is 0.580. The Labute approximate surface area is 154 Å². The number of sulfonamides is 1. The number of carbonyl (C=O) groups is 2. The number of carboxylic acid groups (broad SMARTS) is 1. The zero-order valence-corrected chi connectivity index (χ0v) is 14.9. The standard InChI is InChI=1S/C17H17FN2O6S/c18-11-1-3-13(4-2-11)27(24,25)19-12-7-9-20(10-8-12)16(21)14-5-6-15(26-14)17(22)23/h1-6,12,19H,7-10H2,(H,22,23). The number of carbonyl (C=O) groups excluding carboxylic acids is 1. The quantitative estimate of drug-likeness (QED) is 0.795. The Kier molecular flexibility index (Phi) is 5.29. The molecule has 1 aliphatic heterocycles. The predicted octanol–water partition coefficient (Wildman–Crippen LogP) is 1.70. The molecule has 1 aromatic heterocycles. The first-order valence-corrected chi connectivity index (χ1v) is 9.65. The molecule has 0 radical (unpaired) electrons. The van der Waals surface area contributed by atoms with Crippen LogP contribution in [0, 0.1) is 5.82 Å². The number of benzene rings is 1. The Bertz CT molecular complexity index is 946. The lowest BCUT2D eigenvalue weighted by molar-refractivity contribution is 0.0639. The average molecular weight is 396 g/mol. The van der Waals surface area contributed by atoms with Gasteiger partial charge in [-0.05, 0) is 49.2 Å². The maximum Gasteiger partial charge on any atom is 0.371 e. The van der Waals surface area contributed by atoms with Crippen molar-refractivity contribution in [3.63, 3.8) is 0 Å². The van der Waals surface area contributed by atoms with Crippen molar-refractivity contribution in [1.29, 1.82) is 0 Å². The van der Waals surface area contributed by atoms with Gasteiger partial charge < -0.3 is 14.4 Å². The van der Waals surface area contributed by atoms with Gasteiger partial charge in [0.1, 0.15) is 5.82 Å². The topological polar surface area (TPSA) is 117 Å². The molecule has 1 saturated heterocycles. The van der Waals surface area contributed by atoms with Crippen molar-refractivity contribution in [2.24, 2.45) is 0 Å². The van der Waals surface area contributed by atoms with E-state index in [9.17, 15) is 22.4 Å². The van der Waals surface area contributed by atoms with Crippen LogP contribution < -0.4 is 4.72 Å². The number of halogens is 1. The molecule has 2 aromatic rings. The third-order valence-corrected chi connectivity index (χ3v) is 5.79. The van der Waals surface area contributed by atoms with Gasteiger partial charge >= 0.3 is 5.97 Å². The Morgan fingerprint density at radius 3 is 2.22 bits per heavy atom. The first kappa shape index (κ1) is 19.1. The Morgan fingerprint density at radius 2 is 1.67 bits per heavy atom. The van der Waals surface area contributed by atoms with Crippen LogP contribution in [0.15, 0.2) is 45.7 Å². The normalized spacial score (nSPS) is 15.7. The summed E-state index contributed by atoms with van der Waals surface area (Å²) in [6, 6.07) is 6.67. The Balaban J connectivity index is 1.59. The van der Waals surface area contributed by atoms with E-state index in [1.165, 1.54) is 29.2 Å². The minimum atomic E-state index is -3.78. The number of furan rings is 1. The summed E-state index contributed by atoms with van der Waals surface area (Å²) < 4.78 is 45.2. The summed E-state index contributed by atoms with van der Waals surface area (Å²) in [5.74, 6) is -2.62. The fourth-order valence-corrected chi connectivity index (χ4v) is 4.13. The molecule has 2 N–H and O–H groups in total. The predicted molar refractivity (Wildman–Crippen MR) is 91.3 cm³/mol. The zero-order valence-electron chi connectivity index (χ0n) is 14.1. The molecule has 0 atom stereocenters. The van der Waals surface area contributed by atoms with Gasteiger partial charge in [0.05, 0.1) is 4.90 Å². The fraction of sp³-hybridized carbons (Fsp3) is 0.294. The molecule has 27 heavy (non-hydrogen) atoms. The van der Waals surface area contributed by atoms with Crippen LogP contribution in [-0.4, -0.2) is 49.4 Å². The highest BCUT2D eigenvalue weighted by molar-refractivity contribution is 7.89. The summed E-state index contributed by atoms with van der Waals surface area (Å²) in [4.78, 5) is 24.6. The average Bonchev–Trinajstić information content (AvgIpc) is 3.12. The lowest BCUT2D eigenvalue weighted by Gasteiger charge is -2.31. The highest BCUT2D eigenvalue weighted by atomic mass is 32.2. The second kappa shape index (κ2) is 7.49. The monoisotopic (exact) mass is 396 g/mol. The molecule has 1 aliphatic rings. The first-order valence-electron chi connectivity index (χ1n) is 8.16. The lowest BCUT2D eigenvalue weighted by Crippen LogP contribution is -2.46. The van der Waals surface area contributed by atoms with Gasteiger partial charge in [-0.25, -0.2) is 22.3 Å². The second-order valence-electron chi connectivity index (χ2n) is 6.11. The van der Waals surface area contributed by atoms with Crippen LogP contribution in [-0.2, 0) is 10.0 Å². The van der Waals surface area contributed by atoms with Gasteiger partial charge in [-0.1, -0.05) is 0 Å². The summed E-state index contributed by atoms with van der Waals surface area (Å²) in [6.07, 6.45) is 0.775. The number of nitrogens with one attached hydrogen (secondary N) is 1. The van der Waals surface area contributed by atoms with Crippen LogP contribution in [0.4, 0.5) is 4.39 Å². The van der Waals surface area contributed by atoms with E-state index in [0.29, 0.717) is 25.9 Å². The largest absolute Gasteiger partial charge is 0.475 e. The highest BCUT2D eigenvalue weighted by Crippen LogP contribution is 2.18. The summed E-state index contributed by atoms with van der Waals surface area (Å²) >= 11 is 0. The van der Waals surface area contributed by atoms with Crippen LogP contribution in [0.1, 0.15) is 34.0 Å². The van der Waals surface area contributed by atoms with E-state index < -0.39 is 27.7 Å². The van der Waals surface area contributed by atoms with E-state index in [0.717, 1.165) is 12.1 Å². The van der Waals surface area contributed by atoms with E-state index in [1.54, 1.807) is 0 Å². The number of piperidine rings is 1. The van der Waals surface area contributed by atoms with E-state index in [-0.39, 0.29) is 22.5 Å². The zero-order chi connectivity index (χ0) is 19.6. The van der Waals surface area contributed by atoms with E-state index in [4.69, 9.17) is 9.52 Å². The molecule has 0 spiro atoms. The third-order valence-electron chi connectivity index (χ3n) is 4.26.